The molecule has 0 spiro atoms. The van der Waals surface area contributed by atoms with Crippen molar-refractivity contribution in [1.29, 1.82) is 0 Å². The van der Waals surface area contributed by atoms with Crippen LogP contribution in [-0.2, 0) is 0 Å². The van der Waals surface area contributed by atoms with Gasteiger partial charge in [-0.15, -0.1) is 0 Å². The molecule has 0 unspecified atom stereocenters. The molecule has 2 rings (SSSR count). The van der Waals surface area contributed by atoms with Crippen molar-refractivity contribution in [1.82, 2.24) is 10.2 Å². The minimum Gasteiger partial charge on any atom is -0.496 e. The van der Waals surface area contributed by atoms with Crippen LogP contribution in [0.5, 0.6) is 5.75 Å². The summed E-state index contributed by atoms with van der Waals surface area (Å²) in [5, 5.41) is 12.1. The number of rotatable bonds is 5. The first-order chi connectivity index (χ1) is 10.0. The highest BCUT2D eigenvalue weighted by Gasteiger charge is 2.46. The number of nitrogens with zero attached hydrogens (tertiary/aromatic N) is 1. The quantitative estimate of drug-likeness (QED) is 0.863. The van der Waals surface area contributed by atoms with Gasteiger partial charge in [0, 0.05) is 26.2 Å². The van der Waals surface area contributed by atoms with Gasteiger partial charge in [-0.3, -0.25) is 4.90 Å². The second-order valence-corrected chi connectivity index (χ2v) is 4.96. The maximum absolute atomic E-state index is 14.2. The van der Waals surface area contributed by atoms with Crippen molar-refractivity contribution in [2.24, 2.45) is 0 Å². The van der Waals surface area contributed by atoms with Gasteiger partial charge >= 0.3 is 0 Å². The molecule has 21 heavy (non-hydrogen) atoms. The average molecular weight is 304 g/mol. The summed E-state index contributed by atoms with van der Waals surface area (Å²) in [4.78, 5) is 1.48. The van der Waals surface area contributed by atoms with E-state index < -0.39 is 24.4 Å². The molecular weight excluding hydrogens is 285 g/mol. The van der Waals surface area contributed by atoms with E-state index in [0.29, 0.717) is 26.2 Å². The van der Waals surface area contributed by atoms with Crippen LogP contribution in [0.25, 0.3) is 0 Å². The molecule has 0 aromatic heterocycles. The van der Waals surface area contributed by atoms with Crippen LogP contribution < -0.4 is 10.1 Å². The van der Waals surface area contributed by atoms with Crippen molar-refractivity contribution < 1.29 is 23.0 Å². The Kier molecular flexibility index (Phi) is 5.08. The van der Waals surface area contributed by atoms with E-state index in [9.17, 15) is 13.2 Å². The zero-order chi connectivity index (χ0) is 15.5. The SMILES string of the molecule is COc1cccc(F)c1[C@H](N1CCNCC1)C(F)(F)CO. The number of methoxy groups -OCH3 is 1. The van der Waals surface area contributed by atoms with Crippen LogP contribution >= 0.6 is 0 Å². The lowest BCUT2D eigenvalue weighted by atomic mass is 9.96. The van der Waals surface area contributed by atoms with Crippen LogP contribution in [0.15, 0.2) is 18.2 Å². The third-order valence-electron chi connectivity index (χ3n) is 3.63. The minimum absolute atomic E-state index is 0.0617. The van der Waals surface area contributed by atoms with E-state index in [2.05, 4.69) is 5.32 Å². The number of alkyl halides is 2. The Balaban J connectivity index is 2.49. The van der Waals surface area contributed by atoms with E-state index in [-0.39, 0.29) is 11.3 Å². The van der Waals surface area contributed by atoms with Crippen molar-refractivity contribution in [3.05, 3.63) is 29.6 Å². The highest BCUT2D eigenvalue weighted by atomic mass is 19.3. The number of piperazine rings is 1. The molecule has 0 aliphatic carbocycles. The molecule has 1 fully saturated rings. The molecule has 0 radical (unpaired) electrons. The first-order valence-electron chi connectivity index (χ1n) is 6.77. The molecule has 118 valence electrons. The Labute approximate surface area is 121 Å². The molecule has 2 N–H and O–H groups in total. The summed E-state index contributed by atoms with van der Waals surface area (Å²) in [5.41, 5.74) is -0.207. The summed E-state index contributed by atoms with van der Waals surface area (Å²) in [6, 6.07) is 2.42. The zero-order valence-corrected chi connectivity index (χ0v) is 11.8. The predicted octanol–water partition coefficient (Wildman–Crippen LogP) is 1.41. The van der Waals surface area contributed by atoms with Crippen LogP contribution in [0.2, 0.25) is 0 Å². The van der Waals surface area contributed by atoms with Crippen molar-refractivity contribution in [3.8, 4) is 5.75 Å². The number of hydrogen-bond acceptors (Lipinski definition) is 4. The van der Waals surface area contributed by atoms with Gasteiger partial charge in [-0.1, -0.05) is 6.07 Å². The Bertz CT molecular complexity index is 479. The fourth-order valence-corrected chi connectivity index (χ4v) is 2.65. The van der Waals surface area contributed by atoms with Gasteiger partial charge < -0.3 is 15.2 Å². The van der Waals surface area contributed by atoms with Gasteiger partial charge in [0.25, 0.3) is 5.92 Å². The minimum atomic E-state index is -3.47. The van der Waals surface area contributed by atoms with Crippen LogP contribution in [0.1, 0.15) is 11.6 Å². The van der Waals surface area contributed by atoms with Gasteiger partial charge in [-0.05, 0) is 12.1 Å². The Hall–Kier alpha value is -1.31. The second-order valence-electron chi connectivity index (χ2n) is 4.96. The van der Waals surface area contributed by atoms with Gasteiger partial charge in [-0.25, -0.2) is 13.2 Å². The Morgan fingerprint density at radius 2 is 2.05 bits per heavy atom. The van der Waals surface area contributed by atoms with Gasteiger partial charge in [-0.2, -0.15) is 0 Å². The first kappa shape index (κ1) is 16.1. The van der Waals surface area contributed by atoms with E-state index >= 15 is 0 Å². The second kappa shape index (κ2) is 6.64. The molecule has 7 heteroatoms. The van der Waals surface area contributed by atoms with Crippen LogP contribution in [0.4, 0.5) is 13.2 Å². The van der Waals surface area contributed by atoms with Crippen LogP contribution in [-0.4, -0.2) is 55.8 Å². The molecule has 1 aromatic rings. The summed E-state index contributed by atoms with van der Waals surface area (Å²) in [6.45, 7) is 0.415. The van der Waals surface area contributed by atoms with Crippen LogP contribution in [0, 0.1) is 5.82 Å². The van der Waals surface area contributed by atoms with E-state index in [1.165, 1.54) is 24.1 Å². The first-order valence-corrected chi connectivity index (χ1v) is 6.77. The monoisotopic (exact) mass is 304 g/mol. The summed E-state index contributed by atoms with van der Waals surface area (Å²) < 4.78 is 47.7. The molecule has 1 aliphatic heterocycles. The van der Waals surface area contributed by atoms with Gasteiger partial charge in [0.2, 0.25) is 0 Å². The van der Waals surface area contributed by atoms with Gasteiger partial charge in [0.1, 0.15) is 24.2 Å². The number of ether oxygens (including phenoxy) is 1. The average Bonchev–Trinajstić information content (AvgIpc) is 2.50. The van der Waals surface area contributed by atoms with Crippen molar-refractivity contribution >= 4 is 0 Å². The van der Waals surface area contributed by atoms with Gasteiger partial charge in [0.05, 0.1) is 12.7 Å². The largest absolute Gasteiger partial charge is 0.496 e. The Morgan fingerprint density at radius 1 is 1.38 bits per heavy atom. The molecule has 1 heterocycles. The maximum atomic E-state index is 14.2. The van der Waals surface area contributed by atoms with Crippen LogP contribution in [0.3, 0.4) is 0 Å². The molecule has 1 saturated heterocycles. The molecule has 1 aliphatic rings. The summed E-state index contributed by atoms with van der Waals surface area (Å²) in [6.07, 6.45) is 0. The van der Waals surface area contributed by atoms with Crippen molar-refractivity contribution in [2.75, 3.05) is 39.9 Å². The number of aliphatic hydroxyl groups is 1. The maximum Gasteiger partial charge on any atom is 0.290 e. The topological polar surface area (TPSA) is 44.7 Å². The normalized spacial score (nSPS) is 18.5. The van der Waals surface area contributed by atoms with Crippen molar-refractivity contribution in [2.45, 2.75) is 12.0 Å². The molecule has 0 amide bonds. The molecule has 1 atom stereocenters. The number of nitrogens with one attached hydrogen (secondary N) is 1. The van der Waals surface area contributed by atoms with E-state index in [1.54, 1.807) is 0 Å². The molecule has 4 nitrogen and oxygen atoms in total. The third kappa shape index (κ3) is 3.30. The highest BCUT2D eigenvalue weighted by molar-refractivity contribution is 5.38. The summed E-state index contributed by atoms with van der Waals surface area (Å²) in [5.74, 6) is -4.16. The van der Waals surface area contributed by atoms with E-state index in [1.807, 2.05) is 0 Å². The fourth-order valence-electron chi connectivity index (χ4n) is 2.65. The zero-order valence-electron chi connectivity index (χ0n) is 11.8. The number of halogens is 3. The standard InChI is InChI=1S/C14H19F3N2O2/c1-21-11-4-2-3-10(15)12(11)13(14(16,17)9-20)19-7-5-18-6-8-19/h2-4,13,18,20H,5-9H2,1H3/t13-/m0/s1. The number of hydrogen-bond donors (Lipinski definition) is 2. The third-order valence-corrected chi connectivity index (χ3v) is 3.63. The Morgan fingerprint density at radius 3 is 2.62 bits per heavy atom. The highest BCUT2D eigenvalue weighted by Crippen LogP contribution is 2.41. The number of benzene rings is 1. The smallest absolute Gasteiger partial charge is 0.290 e. The summed E-state index contributed by atoms with van der Waals surface area (Å²) in [7, 11) is 1.31. The fraction of sp³-hybridized carbons (Fsp3) is 0.571. The van der Waals surface area contributed by atoms with Gasteiger partial charge in [0.15, 0.2) is 0 Å². The van der Waals surface area contributed by atoms with Crippen molar-refractivity contribution in [3.63, 3.8) is 0 Å². The van der Waals surface area contributed by atoms with E-state index in [4.69, 9.17) is 9.84 Å². The lowest BCUT2D eigenvalue weighted by Crippen LogP contribution is -2.51. The lowest BCUT2D eigenvalue weighted by molar-refractivity contribution is -0.120. The van der Waals surface area contributed by atoms with E-state index in [0.717, 1.165) is 6.07 Å². The summed E-state index contributed by atoms with van der Waals surface area (Å²) >= 11 is 0. The molecule has 0 bridgehead atoms. The number of aliphatic hydroxyl groups excluding tert-OH is 1. The predicted molar refractivity (Wildman–Crippen MR) is 72.2 cm³/mol. The molecule has 0 saturated carbocycles. The lowest BCUT2D eigenvalue weighted by Gasteiger charge is -2.39. The molecular formula is C14H19F3N2O2. The molecule has 1 aromatic carbocycles.